The molecule has 0 heterocycles. The van der Waals surface area contributed by atoms with Crippen LogP contribution in [0.5, 0.6) is 11.5 Å². The Labute approximate surface area is 121 Å². The molecule has 5 heteroatoms. The molecule has 0 bridgehead atoms. The van der Waals surface area contributed by atoms with E-state index in [1.807, 2.05) is 18.2 Å². The van der Waals surface area contributed by atoms with Crippen LogP contribution < -0.4 is 15.2 Å². The lowest BCUT2D eigenvalue weighted by Crippen LogP contribution is -2.19. The molecule has 0 aromatic heterocycles. The molecule has 1 aromatic carbocycles. The topological polar surface area (TPSA) is 62.9 Å². The lowest BCUT2D eigenvalue weighted by atomic mass is 10.1. The van der Waals surface area contributed by atoms with Crippen molar-refractivity contribution >= 4 is 0 Å². The van der Waals surface area contributed by atoms with Crippen LogP contribution in [0.2, 0.25) is 0 Å². The van der Waals surface area contributed by atoms with Crippen LogP contribution in [-0.2, 0) is 9.47 Å². The van der Waals surface area contributed by atoms with Crippen LogP contribution in [-0.4, -0.2) is 40.6 Å². The van der Waals surface area contributed by atoms with Crippen LogP contribution >= 0.6 is 0 Å². The van der Waals surface area contributed by atoms with Crippen LogP contribution in [0.4, 0.5) is 0 Å². The van der Waals surface area contributed by atoms with Crippen molar-refractivity contribution in [1.29, 1.82) is 0 Å². The normalized spacial score (nSPS) is 12.2. The maximum absolute atomic E-state index is 6.09. The van der Waals surface area contributed by atoms with Gasteiger partial charge >= 0.3 is 0 Å². The zero-order chi connectivity index (χ0) is 14.8. The molecule has 0 fully saturated rings. The highest BCUT2D eigenvalue weighted by molar-refractivity contribution is 5.43. The van der Waals surface area contributed by atoms with Crippen molar-refractivity contribution in [3.8, 4) is 11.5 Å². The van der Waals surface area contributed by atoms with Gasteiger partial charge in [0.05, 0.1) is 40.1 Å². The number of nitrogens with two attached hydrogens (primary N) is 1. The number of ether oxygens (including phenoxy) is 4. The van der Waals surface area contributed by atoms with Gasteiger partial charge in [0.1, 0.15) is 0 Å². The molecule has 5 nitrogen and oxygen atoms in total. The molecule has 1 atom stereocenters. The molecular formula is C15H25NO4. The first-order valence-electron chi connectivity index (χ1n) is 6.85. The molecule has 114 valence electrons. The third kappa shape index (κ3) is 5.36. The van der Waals surface area contributed by atoms with Gasteiger partial charge in [-0.15, -0.1) is 0 Å². The maximum Gasteiger partial charge on any atom is 0.161 e. The third-order valence-corrected chi connectivity index (χ3v) is 2.85. The van der Waals surface area contributed by atoms with Gasteiger partial charge in [-0.1, -0.05) is 13.0 Å². The summed E-state index contributed by atoms with van der Waals surface area (Å²) in [5, 5.41) is 0. The van der Waals surface area contributed by atoms with E-state index in [1.54, 1.807) is 14.2 Å². The minimum absolute atomic E-state index is 0.194. The van der Waals surface area contributed by atoms with Crippen molar-refractivity contribution in [3.05, 3.63) is 23.8 Å². The smallest absolute Gasteiger partial charge is 0.161 e. The van der Waals surface area contributed by atoms with E-state index in [9.17, 15) is 0 Å². The van der Waals surface area contributed by atoms with E-state index in [2.05, 4.69) is 6.92 Å². The van der Waals surface area contributed by atoms with Crippen molar-refractivity contribution in [2.45, 2.75) is 19.4 Å². The highest BCUT2D eigenvalue weighted by Gasteiger charge is 2.10. The van der Waals surface area contributed by atoms with Crippen LogP contribution in [0.1, 0.15) is 24.9 Å². The van der Waals surface area contributed by atoms with Crippen LogP contribution in [0.25, 0.3) is 0 Å². The Bertz CT molecular complexity index is 384. The molecular weight excluding hydrogens is 258 g/mol. The summed E-state index contributed by atoms with van der Waals surface area (Å²) in [5.41, 5.74) is 7.04. The van der Waals surface area contributed by atoms with E-state index < -0.39 is 0 Å². The molecule has 1 rings (SSSR count). The second-order valence-electron chi connectivity index (χ2n) is 4.41. The van der Waals surface area contributed by atoms with Crippen molar-refractivity contribution < 1.29 is 18.9 Å². The highest BCUT2D eigenvalue weighted by Crippen LogP contribution is 2.29. The minimum Gasteiger partial charge on any atom is -0.493 e. The summed E-state index contributed by atoms with van der Waals surface area (Å²) in [6.45, 7) is 4.46. The Morgan fingerprint density at radius 3 is 2.35 bits per heavy atom. The van der Waals surface area contributed by atoms with E-state index in [1.165, 1.54) is 0 Å². The van der Waals surface area contributed by atoms with Crippen LogP contribution in [0.15, 0.2) is 18.2 Å². The lowest BCUT2D eigenvalue weighted by Gasteiger charge is -2.15. The summed E-state index contributed by atoms with van der Waals surface area (Å²) in [6, 6.07) is 5.45. The SMILES string of the molecule is CCCOCCOCC(N)c1ccc(OC)c(OC)c1. The zero-order valence-electron chi connectivity index (χ0n) is 12.6. The van der Waals surface area contributed by atoms with E-state index in [0.717, 1.165) is 18.6 Å². The Hall–Kier alpha value is -1.30. The van der Waals surface area contributed by atoms with Crippen molar-refractivity contribution in [1.82, 2.24) is 0 Å². The molecule has 0 radical (unpaired) electrons. The largest absolute Gasteiger partial charge is 0.493 e. The second-order valence-corrected chi connectivity index (χ2v) is 4.41. The molecule has 20 heavy (non-hydrogen) atoms. The molecule has 0 aliphatic heterocycles. The summed E-state index contributed by atoms with van der Waals surface area (Å²) in [7, 11) is 3.21. The Balaban J connectivity index is 2.41. The number of benzene rings is 1. The van der Waals surface area contributed by atoms with E-state index in [0.29, 0.717) is 31.3 Å². The monoisotopic (exact) mass is 283 g/mol. The molecule has 1 aromatic rings. The van der Waals surface area contributed by atoms with Gasteiger partial charge in [-0.3, -0.25) is 0 Å². The predicted octanol–water partition coefficient (Wildman–Crippen LogP) is 2.15. The average molecular weight is 283 g/mol. The van der Waals surface area contributed by atoms with Gasteiger partial charge < -0.3 is 24.7 Å². The number of hydrogen-bond acceptors (Lipinski definition) is 5. The Morgan fingerprint density at radius 2 is 1.70 bits per heavy atom. The minimum atomic E-state index is -0.194. The predicted molar refractivity (Wildman–Crippen MR) is 78.4 cm³/mol. The summed E-state index contributed by atoms with van der Waals surface area (Å²) >= 11 is 0. The summed E-state index contributed by atoms with van der Waals surface area (Å²) < 4.78 is 21.3. The molecule has 0 spiro atoms. The molecule has 0 saturated heterocycles. The van der Waals surface area contributed by atoms with E-state index in [4.69, 9.17) is 24.7 Å². The molecule has 2 N–H and O–H groups in total. The number of rotatable bonds is 10. The first-order valence-corrected chi connectivity index (χ1v) is 6.85. The summed E-state index contributed by atoms with van der Waals surface area (Å²) in [4.78, 5) is 0. The number of hydrogen-bond donors (Lipinski definition) is 1. The summed E-state index contributed by atoms with van der Waals surface area (Å²) in [6.07, 6.45) is 1.02. The maximum atomic E-state index is 6.09. The van der Waals surface area contributed by atoms with Gasteiger partial charge in [-0.2, -0.15) is 0 Å². The van der Waals surface area contributed by atoms with Gasteiger partial charge in [0.25, 0.3) is 0 Å². The average Bonchev–Trinajstić information content (AvgIpc) is 2.49. The Kier molecular flexibility index (Phi) is 8.02. The fourth-order valence-electron chi connectivity index (χ4n) is 1.75. The van der Waals surface area contributed by atoms with E-state index in [-0.39, 0.29) is 6.04 Å². The molecule has 0 aliphatic carbocycles. The standard InChI is InChI=1S/C15H25NO4/c1-4-7-19-8-9-20-11-13(16)12-5-6-14(17-2)15(10-12)18-3/h5-6,10,13H,4,7-9,11,16H2,1-3H3. The third-order valence-electron chi connectivity index (χ3n) is 2.85. The first-order chi connectivity index (χ1) is 9.72. The van der Waals surface area contributed by atoms with Gasteiger partial charge in [0, 0.05) is 6.61 Å². The van der Waals surface area contributed by atoms with Crippen LogP contribution in [0.3, 0.4) is 0 Å². The van der Waals surface area contributed by atoms with Crippen molar-refractivity contribution in [3.63, 3.8) is 0 Å². The fraction of sp³-hybridized carbons (Fsp3) is 0.600. The molecule has 0 amide bonds. The second kappa shape index (κ2) is 9.58. The quantitative estimate of drug-likeness (QED) is 0.667. The summed E-state index contributed by atoms with van der Waals surface area (Å²) in [5.74, 6) is 1.36. The molecule has 0 saturated carbocycles. The number of methoxy groups -OCH3 is 2. The van der Waals surface area contributed by atoms with Crippen molar-refractivity contribution in [2.75, 3.05) is 40.6 Å². The first kappa shape index (κ1) is 16.8. The lowest BCUT2D eigenvalue weighted by molar-refractivity contribution is 0.0428. The highest BCUT2D eigenvalue weighted by atomic mass is 16.5. The zero-order valence-corrected chi connectivity index (χ0v) is 12.6. The molecule has 1 unspecified atom stereocenters. The van der Waals surface area contributed by atoms with Gasteiger partial charge in [-0.05, 0) is 24.1 Å². The van der Waals surface area contributed by atoms with Gasteiger partial charge in [0.15, 0.2) is 11.5 Å². The van der Waals surface area contributed by atoms with Gasteiger partial charge in [0.2, 0.25) is 0 Å². The van der Waals surface area contributed by atoms with Gasteiger partial charge in [-0.25, -0.2) is 0 Å². The fourth-order valence-corrected chi connectivity index (χ4v) is 1.75. The molecule has 0 aliphatic rings. The van der Waals surface area contributed by atoms with E-state index >= 15 is 0 Å². The van der Waals surface area contributed by atoms with Crippen LogP contribution in [0, 0.1) is 0 Å². The Morgan fingerprint density at radius 1 is 1.00 bits per heavy atom. The van der Waals surface area contributed by atoms with Crippen molar-refractivity contribution in [2.24, 2.45) is 5.73 Å².